The van der Waals surface area contributed by atoms with Gasteiger partial charge in [0.15, 0.2) is 0 Å². The van der Waals surface area contributed by atoms with Gasteiger partial charge in [-0.2, -0.15) is 0 Å². The van der Waals surface area contributed by atoms with E-state index in [-0.39, 0.29) is 0 Å². The fraction of sp³-hybridized carbons (Fsp3) is 0.250. The van der Waals surface area contributed by atoms with Crippen molar-refractivity contribution in [1.82, 2.24) is 0 Å². The average molecular weight is 277 g/mol. The Morgan fingerprint density at radius 1 is 1.11 bits per heavy atom. The summed E-state index contributed by atoms with van der Waals surface area (Å²) >= 11 is 6.05. The molecule has 0 atom stereocenters. The molecule has 0 bridgehead atoms. The highest BCUT2D eigenvalue weighted by Crippen LogP contribution is 2.28. The van der Waals surface area contributed by atoms with Crippen LogP contribution in [-0.4, -0.2) is 5.11 Å². The molecule has 100 valence electrons. The minimum Gasteiger partial charge on any atom is -0.489 e. The lowest BCUT2D eigenvalue weighted by Crippen LogP contribution is -2.15. The van der Waals surface area contributed by atoms with Crippen LogP contribution in [0.3, 0.4) is 0 Å². The van der Waals surface area contributed by atoms with Gasteiger partial charge in [0.1, 0.15) is 12.4 Å². The highest BCUT2D eigenvalue weighted by Gasteiger charge is 2.17. The van der Waals surface area contributed by atoms with Crippen LogP contribution in [0.1, 0.15) is 25.0 Å². The van der Waals surface area contributed by atoms with Crippen molar-refractivity contribution < 1.29 is 9.84 Å². The summed E-state index contributed by atoms with van der Waals surface area (Å²) in [5.74, 6) is 0.661. The molecular weight excluding hydrogens is 260 g/mol. The molecule has 1 N–H and O–H groups in total. The van der Waals surface area contributed by atoms with Gasteiger partial charge >= 0.3 is 0 Å². The van der Waals surface area contributed by atoms with Crippen molar-refractivity contribution in [2.45, 2.75) is 26.1 Å². The van der Waals surface area contributed by atoms with Gasteiger partial charge in [-0.15, -0.1) is 0 Å². The summed E-state index contributed by atoms with van der Waals surface area (Å²) in [4.78, 5) is 0. The lowest BCUT2D eigenvalue weighted by Gasteiger charge is -2.19. The van der Waals surface area contributed by atoms with Gasteiger partial charge in [0.05, 0.1) is 5.60 Å². The maximum Gasteiger partial charge on any atom is 0.121 e. The number of ether oxygens (including phenoxy) is 1. The highest BCUT2D eigenvalue weighted by molar-refractivity contribution is 6.30. The van der Waals surface area contributed by atoms with Crippen molar-refractivity contribution in [2.24, 2.45) is 0 Å². The summed E-state index contributed by atoms with van der Waals surface area (Å²) in [6, 6.07) is 15.2. The summed E-state index contributed by atoms with van der Waals surface area (Å²) in [6.45, 7) is 3.92. The van der Waals surface area contributed by atoms with Crippen molar-refractivity contribution in [3.05, 3.63) is 64.7 Å². The minimum atomic E-state index is -0.935. The molecular formula is C16H17ClO2. The number of rotatable bonds is 4. The first kappa shape index (κ1) is 13.9. The van der Waals surface area contributed by atoms with Crippen molar-refractivity contribution >= 4 is 11.6 Å². The third-order valence-corrected chi connectivity index (χ3v) is 3.04. The molecule has 0 saturated heterocycles. The molecule has 0 unspecified atom stereocenters. The van der Waals surface area contributed by atoms with E-state index < -0.39 is 5.60 Å². The number of hydrogen-bond donors (Lipinski definition) is 1. The van der Waals surface area contributed by atoms with Gasteiger partial charge in [-0.3, -0.25) is 0 Å². The zero-order valence-corrected chi connectivity index (χ0v) is 11.8. The van der Waals surface area contributed by atoms with Crippen LogP contribution in [0, 0.1) is 0 Å². The number of aliphatic hydroxyl groups is 1. The van der Waals surface area contributed by atoms with Gasteiger partial charge in [0.2, 0.25) is 0 Å². The maximum atomic E-state index is 10.0. The van der Waals surface area contributed by atoms with Crippen LogP contribution in [-0.2, 0) is 12.2 Å². The first-order valence-corrected chi connectivity index (χ1v) is 6.53. The first-order chi connectivity index (χ1) is 8.95. The van der Waals surface area contributed by atoms with E-state index in [1.54, 1.807) is 26.0 Å². The zero-order valence-electron chi connectivity index (χ0n) is 11.1. The van der Waals surface area contributed by atoms with Crippen LogP contribution < -0.4 is 4.74 Å². The number of hydrogen-bond acceptors (Lipinski definition) is 2. The molecule has 0 aromatic heterocycles. The summed E-state index contributed by atoms with van der Waals surface area (Å²) in [7, 11) is 0. The predicted octanol–water partition coefficient (Wildman–Crippen LogP) is 4.15. The zero-order chi connectivity index (χ0) is 13.9. The lowest BCUT2D eigenvalue weighted by molar-refractivity contribution is 0.0782. The van der Waals surface area contributed by atoms with Gasteiger partial charge in [0.25, 0.3) is 0 Å². The van der Waals surface area contributed by atoms with Gasteiger partial charge < -0.3 is 9.84 Å². The summed E-state index contributed by atoms with van der Waals surface area (Å²) < 4.78 is 5.71. The molecule has 2 aromatic carbocycles. The standard InChI is InChI=1S/C16H17ClO2/c1-16(2,18)13-8-14(17)10-15(9-13)19-11-12-6-4-3-5-7-12/h3-10,18H,11H2,1-2H3. The van der Waals surface area contributed by atoms with Crippen molar-refractivity contribution in [2.75, 3.05) is 0 Å². The van der Waals surface area contributed by atoms with Crippen molar-refractivity contribution in [3.63, 3.8) is 0 Å². The largest absolute Gasteiger partial charge is 0.489 e. The van der Waals surface area contributed by atoms with E-state index in [0.717, 1.165) is 11.1 Å². The molecule has 0 saturated carbocycles. The molecule has 0 fully saturated rings. The Labute approximate surface area is 118 Å². The predicted molar refractivity (Wildman–Crippen MR) is 77.5 cm³/mol. The average Bonchev–Trinajstić information content (AvgIpc) is 2.36. The third kappa shape index (κ3) is 3.98. The number of halogens is 1. The highest BCUT2D eigenvalue weighted by atomic mass is 35.5. The lowest BCUT2D eigenvalue weighted by atomic mass is 9.98. The molecule has 0 amide bonds. The molecule has 0 aliphatic heterocycles. The fourth-order valence-corrected chi connectivity index (χ4v) is 1.97. The van der Waals surface area contributed by atoms with Crippen LogP contribution in [0.5, 0.6) is 5.75 Å². The molecule has 19 heavy (non-hydrogen) atoms. The minimum absolute atomic E-state index is 0.479. The molecule has 0 spiro atoms. The van der Waals surface area contributed by atoms with Gasteiger partial charge in [-0.25, -0.2) is 0 Å². The second-order valence-electron chi connectivity index (χ2n) is 5.01. The van der Waals surface area contributed by atoms with Gasteiger partial charge in [-0.1, -0.05) is 41.9 Å². The van der Waals surface area contributed by atoms with Crippen molar-refractivity contribution in [3.8, 4) is 5.75 Å². The fourth-order valence-electron chi connectivity index (χ4n) is 1.74. The summed E-state index contributed by atoms with van der Waals surface area (Å²) in [5, 5.41) is 10.6. The van der Waals surface area contributed by atoms with Crippen LogP contribution in [0.4, 0.5) is 0 Å². The second kappa shape index (κ2) is 5.64. The van der Waals surface area contributed by atoms with Crippen LogP contribution >= 0.6 is 11.6 Å². The summed E-state index contributed by atoms with van der Waals surface area (Å²) in [6.07, 6.45) is 0. The Balaban J connectivity index is 2.15. The molecule has 2 nitrogen and oxygen atoms in total. The molecule has 0 heterocycles. The molecule has 0 radical (unpaired) electrons. The Hall–Kier alpha value is -1.51. The topological polar surface area (TPSA) is 29.5 Å². The van der Waals surface area contributed by atoms with E-state index >= 15 is 0 Å². The smallest absolute Gasteiger partial charge is 0.121 e. The van der Waals surface area contributed by atoms with E-state index in [1.165, 1.54) is 0 Å². The molecule has 2 aromatic rings. The van der Waals surface area contributed by atoms with E-state index in [9.17, 15) is 5.11 Å². The van der Waals surface area contributed by atoms with E-state index in [1.807, 2.05) is 36.4 Å². The Morgan fingerprint density at radius 2 is 1.79 bits per heavy atom. The normalized spacial score (nSPS) is 11.4. The van der Waals surface area contributed by atoms with Gasteiger partial charge in [-0.05, 0) is 43.2 Å². The Morgan fingerprint density at radius 3 is 2.42 bits per heavy atom. The van der Waals surface area contributed by atoms with Crippen LogP contribution in [0.25, 0.3) is 0 Å². The maximum absolute atomic E-state index is 10.0. The number of benzene rings is 2. The van der Waals surface area contributed by atoms with Crippen LogP contribution in [0.15, 0.2) is 48.5 Å². The first-order valence-electron chi connectivity index (χ1n) is 6.15. The molecule has 0 aliphatic rings. The van der Waals surface area contributed by atoms with E-state index in [2.05, 4.69) is 0 Å². The Kier molecular flexibility index (Phi) is 4.13. The van der Waals surface area contributed by atoms with Crippen molar-refractivity contribution in [1.29, 1.82) is 0 Å². The SMILES string of the molecule is CC(C)(O)c1cc(Cl)cc(OCc2ccccc2)c1. The molecule has 3 heteroatoms. The third-order valence-electron chi connectivity index (χ3n) is 2.83. The van der Waals surface area contributed by atoms with Gasteiger partial charge in [0, 0.05) is 5.02 Å². The summed E-state index contributed by atoms with van der Waals surface area (Å²) in [5.41, 5.74) is 0.894. The van der Waals surface area contributed by atoms with E-state index in [0.29, 0.717) is 17.4 Å². The Bertz CT molecular complexity index is 544. The molecule has 0 aliphatic carbocycles. The van der Waals surface area contributed by atoms with Crippen LogP contribution in [0.2, 0.25) is 5.02 Å². The quantitative estimate of drug-likeness (QED) is 0.909. The molecule has 2 rings (SSSR count). The second-order valence-corrected chi connectivity index (χ2v) is 5.45. The van der Waals surface area contributed by atoms with E-state index in [4.69, 9.17) is 16.3 Å². The monoisotopic (exact) mass is 276 g/mol.